The van der Waals surface area contributed by atoms with E-state index in [1.54, 1.807) is 35.4 Å². The maximum atomic E-state index is 13.1. The molecule has 1 aliphatic rings. The van der Waals surface area contributed by atoms with Crippen molar-refractivity contribution in [3.63, 3.8) is 0 Å². The summed E-state index contributed by atoms with van der Waals surface area (Å²) in [7, 11) is 0. The summed E-state index contributed by atoms with van der Waals surface area (Å²) in [6, 6.07) is 5.77. The van der Waals surface area contributed by atoms with Crippen LogP contribution in [0.2, 0.25) is 0 Å². The van der Waals surface area contributed by atoms with Gasteiger partial charge >= 0.3 is 0 Å². The Morgan fingerprint density at radius 3 is 2.73 bits per heavy atom. The highest BCUT2D eigenvalue weighted by Gasteiger charge is 2.38. The molecule has 0 spiro atoms. The average Bonchev–Trinajstić information content (AvgIpc) is 2.81. The van der Waals surface area contributed by atoms with Gasteiger partial charge in [0, 0.05) is 55.6 Å². The summed E-state index contributed by atoms with van der Waals surface area (Å²) in [6.07, 6.45) is 6.97. The number of Topliss-reactive ketones (excluding diaryl/α,β-unsaturated/α-hetero) is 1. The first-order chi connectivity index (χ1) is 15.8. The molecule has 4 rings (SSSR count). The largest absolute Gasteiger partial charge is 0.389 e. The van der Waals surface area contributed by atoms with E-state index in [4.69, 9.17) is 10.5 Å². The third kappa shape index (κ3) is 5.05. The standard InChI is InChI=1S/C24H27N5O4/c1-14(2)23-22(32)18(25)12-21(33-23)17-3-7-26-13-15(17)11-20(31)19-4-8-27-24(28-19)29-9-5-16(30)6-10-29/h3-10,13-14,18,21-23,32H,11-12,25H2,1-2H3/t18-,21-,22+,23-/m1/s1. The van der Waals surface area contributed by atoms with Gasteiger partial charge in [0.2, 0.25) is 5.95 Å². The van der Waals surface area contributed by atoms with Crippen LogP contribution in [0.5, 0.6) is 0 Å². The second-order valence-corrected chi connectivity index (χ2v) is 8.58. The molecule has 0 unspecified atom stereocenters. The number of aliphatic hydroxyl groups is 1. The predicted octanol–water partition coefficient (Wildman–Crippen LogP) is 1.62. The van der Waals surface area contributed by atoms with E-state index < -0.39 is 18.2 Å². The Balaban J connectivity index is 1.57. The zero-order valence-electron chi connectivity index (χ0n) is 18.5. The molecule has 4 heterocycles. The molecule has 0 radical (unpaired) electrons. The van der Waals surface area contributed by atoms with Crippen molar-refractivity contribution in [2.24, 2.45) is 11.7 Å². The summed E-state index contributed by atoms with van der Waals surface area (Å²) in [6.45, 7) is 3.96. The normalized spacial score (nSPS) is 22.9. The molecule has 3 aromatic heterocycles. The van der Waals surface area contributed by atoms with Crippen molar-refractivity contribution in [2.45, 2.75) is 51.0 Å². The highest BCUT2D eigenvalue weighted by atomic mass is 16.5. The number of aromatic nitrogens is 4. The lowest BCUT2D eigenvalue weighted by atomic mass is 9.86. The lowest BCUT2D eigenvalue weighted by Gasteiger charge is -2.40. The van der Waals surface area contributed by atoms with Crippen molar-refractivity contribution in [2.75, 3.05) is 0 Å². The predicted molar refractivity (Wildman–Crippen MR) is 121 cm³/mol. The Kier molecular flexibility index (Phi) is 6.73. The molecule has 0 aromatic carbocycles. The van der Waals surface area contributed by atoms with E-state index in [1.165, 1.54) is 18.3 Å². The second kappa shape index (κ2) is 9.70. The summed E-state index contributed by atoms with van der Waals surface area (Å²) in [5.41, 5.74) is 7.89. The van der Waals surface area contributed by atoms with Crippen molar-refractivity contribution in [1.82, 2.24) is 19.5 Å². The van der Waals surface area contributed by atoms with E-state index >= 15 is 0 Å². The van der Waals surface area contributed by atoms with Crippen LogP contribution in [0.25, 0.3) is 5.95 Å². The molecule has 0 aliphatic carbocycles. The molecule has 172 valence electrons. The summed E-state index contributed by atoms with van der Waals surface area (Å²) < 4.78 is 7.78. The zero-order chi connectivity index (χ0) is 23.5. The van der Waals surface area contributed by atoms with Crippen LogP contribution in [-0.2, 0) is 11.2 Å². The minimum atomic E-state index is -0.735. The van der Waals surface area contributed by atoms with Crippen LogP contribution in [0.15, 0.2) is 60.0 Å². The van der Waals surface area contributed by atoms with Gasteiger partial charge in [-0.05, 0) is 35.6 Å². The van der Waals surface area contributed by atoms with Gasteiger partial charge in [0.15, 0.2) is 11.2 Å². The van der Waals surface area contributed by atoms with Crippen molar-refractivity contribution in [3.8, 4) is 5.95 Å². The maximum absolute atomic E-state index is 13.1. The molecule has 9 nitrogen and oxygen atoms in total. The molecule has 1 aliphatic heterocycles. The van der Waals surface area contributed by atoms with E-state index in [1.807, 2.05) is 19.9 Å². The number of nitrogens with two attached hydrogens (primary N) is 1. The average molecular weight is 450 g/mol. The number of carbonyl (C=O) groups excluding carboxylic acids is 1. The molecule has 3 aromatic rings. The third-order valence-corrected chi connectivity index (χ3v) is 5.84. The molecular formula is C24H27N5O4. The van der Waals surface area contributed by atoms with Gasteiger partial charge in [-0.1, -0.05) is 13.8 Å². The lowest BCUT2D eigenvalue weighted by Crippen LogP contribution is -2.52. The van der Waals surface area contributed by atoms with Crippen LogP contribution < -0.4 is 11.2 Å². The van der Waals surface area contributed by atoms with Crippen LogP contribution in [-0.4, -0.2) is 48.7 Å². The molecule has 4 atom stereocenters. The number of pyridine rings is 2. The number of nitrogens with zero attached hydrogens (tertiary/aromatic N) is 4. The Hall–Kier alpha value is -3.27. The molecular weight excluding hydrogens is 422 g/mol. The summed E-state index contributed by atoms with van der Waals surface area (Å²) in [4.78, 5) is 37.2. The van der Waals surface area contributed by atoms with Gasteiger partial charge in [0.25, 0.3) is 0 Å². The molecule has 3 N–H and O–H groups in total. The third-order valence-electron chi connectivity index (χ3n) is 5.84. The smallest absolute Gasteiger partial charge is 0.234 e. The molecule has 0 amide bonds. The number of ketones is 1. The Morgan fingerprint density at radius 1 is 1.24 bits per heavy atom. The van der Waals surface area contributed by atoms with Crippen LogP contribution in [0, 0.1) is 5.92 Å². The van der Waals surface area contributed by atoms with Crippen molar-refractivity contribution in [1.29, 1.82) is 0 Å². The zero-order valence-corrected chi connectivity index (χ0v) is 18.5. The first-order valence-electron chi connectivity index (χ1n) is 10.9. The first kappa shape index (κ1) is 22.9. The fourth-order valence-corrected chi connectivity index (χ4v) is 4.05. The number of hydrogen-bond acceptors (Lipinski definition) is 8. The van der Waals surface area contributed by atoms with Crippen molar-refractivity contribution in [3.05, 3.63) is 82.3 Å². The molecule has 0 bridgehead atoms. The van der Waals surface area contributed by atoms with Gasteiger partial charge in [-0.15, -0.1) is 0 Å². The second-order valence-electron chi connectivity index (χ2n) is 8.58. The molecule has 1 saturated heterocycles. The van der Waals surface area contributed by atoms with E-state index in [0.29, 0.717) is 12.4 Å². The van der Waals surface area contributed by atoms with E-state index in [-0.39, 0.29) is 35.3 Å². The van der Waals surface area contributed by atoms with E-state index in [9.17, 15) is 14.7 Å². The van der Waals surface area contributed by atoms with Gasteiger partial charge < -0.3 is 15.6 Å². The van der Waals surface area contributed by atoms with Crippen molar-refractivity contribution >= 4 is 5.78 Å². The Bertz CT molecular complexity index is 1170. The van der Waals surface area contributed by atoms with Gasteiger partial charge in [-0.25, -0.2) is 9.97 Å². The number of rotatable bonds is 6. The van der Waals surface area contributed by atoms with Gasteiger partial charge in [0.05, 0.1) is 18.3 Å². The number of aliphatic hydroxyl groups excluding tert-OH is 1. The molecule has 1 fully saturated rings. The topological polar surface area (TPSA) is 133 Å². The Labute approximate surface area is 191 Å². The summed E-state index contributed by atoms with van der Waals surface area (Å²) in [5, 5.41) is 10.4. The lowest BCUT2D eigenvalue weighted by molar-refractivity contribution is -0.145. The monoisotopic (exact) mass is 449 g/mol. The number of carbonyl (C=O) groups is 1. The van der Waals surface area contributed by atoms with E-state index in [0.717, 1.165) is 11.1 Å². The molecule has 9 heteroatoms. The number of hydrogen-bond donors (Lipinski definition) is 2. The SMILES string of the molecule is CC(C)[C@H]1O[C@@H](c2ccncc2CC(=O)c2ccnc(-n3ccc(=O)cc3)n2)C[C@@H](N)[C@@H]1O. The highest BCUT2D eigenvalue weighted by Crippen LogP contribution is 2.35. The highest BCUT2D eigenvalue weighted by molar-refractivity contribution is 5.95. The van der Waals surface area contributed by atoms with Crippen LogP contribution in [0.1, 0.15) is 48.0 Å². The molecule has 33 heavy (non-hydrogen) atoms. The first-order valence-corrected chi connectivity index (χ1v) is 10.9. The summed E-state index contributed by atoms with van der Waals surface area (Å²) >= 11 is 0. The minimum absolute atomic E-state index is 0.0772. The van der Waals surface area contributed by atoms with Crippen molar-refractivity contribution < 1.29 is 14.6 Å². The Morgan fingerprint density at radius 2 is 2.00 bits per heavy atom. The fraction of sp³-hybridized carbons (Fsp3) is 0.375. The van der Waals surface area contributed by atoms with Gasteiger partial charge in [-0.2, -0.15) is 0 Å². The maximum Gasteiger partial charge on any atom is 0.234 e. The van der Waals surface area contributed by atoms with Crippen LogP contribution in [0.4, 0.5) is 0 Å². The van der Waals surface area contributed by atoms with Crippen LogP contribution >= 0.6 is 0 Å². The fourth-order valence-electron chi connectivity index (χ4n) is 4.05. The number of ether oxygens (including phenoxy) is 1. The minimum Gasteiger partial charge on any atom is -0.389 e. The summed E-state index contributed by atoms with van der Waals surface area (Å²) in [5.74, 6) is 0.186. The quantitative estimate of drug-likeness (QED) is 0.543. The van der Waals surface area contributed by atoms with Gasteiger partial charge in [0.1, 0.15) is 5.69 Å². The van der Waals surface area contributed by atoms with E-state index in [2.05, 4.69) is 15.0 Å². The van der Waals surface area contributed by atoms with Crippen LogP contribution in [0.3, 0.4) is 0 Å². The molecule has 0 saturated carbocycles. The van der Waals surface area contributed by atoms with Gasteiger partial charge in [-0.3, -0.25) is 19.1 Å².